The van der Waals surface area contributed by atoms with E-state index in [9.17, 15) is 10.1 Å². The molecule has 2 aromatic carbocycles. The Labute approximate surface area is 122 Å². The lowest BCUT2D eigenvalue weighted by Gasteiger charge is -2.11. The minimum atomic E-state index is -0.822. The predicted molar refractivity (Wildman–Crippen MR) is 77.1 cm³/mol. The first kappa shape index (κ1) is 14.3. The predicted octanol–water partition coefficient (Wildman–Crippen LogP) is 3.29. The summed E-state index contributed by atoms with van der Waals surface area (Å²) in [5, 5.41) is 17.9. The fourth-order valence-corrected chi connectivity index (χ4v) is 1.96. The summed E-state index contributed by atoms with van der Waals surface area (Å²) in [7, 11) is 0. The van der Waals surface area contributed by atoms with Crippen LogP contribution < -0.4 is 0 Å². The molecule has 0 saturated carbocycles. The van der Waals surface area contributed by atoms with Gasteiger partial charge in [-0.1, -0.05) is 36.4 Å². The molecule has 2 rings (SSSR count). The molecule has 0 aliphatic heterocycles. The van der Waals surface area contributed by atoms with Crippen molar-refractivity contribution in [2.75, 3.05) is 0 Å². The van der Waals surface area contributed by atoms with Crippen molar-refractivity contribution in [3.8, 4) is 23.3 Å². The number of rotatable bonds is 3. The molecular weight excluding hydrogens is 264 g/mol. The van der Waals surface area contributed by atoms with Crippen molar-refractivity contribution >= 4 is 5.97 Å². The average molecular weight is 276 g/mol. The molecule has 0 N–H and O–H groups in total. The molecule has 2 aromatic rings. The topological polar surface area (TPSA) is 73.9 Å². The molecule has 4 nitrogen and oxygen atoms in total. The van der Waals surface area contributed by atoms with Crippen molar-refractivity contribution in [1.29, 1.82) is 10.5 Å². The third kappa shape index (κ3) is 3.08. The molecule has 1 atom stereocenters. The minimum absolute atomic E-state index is 0.335. The molecule has 102 valence electrons. The third-order valence-electron chi connectivity index (χ3n) is 2.95. The minimum Gasteiger partial charge on any atom is -0.444 e. The van der Waals surface area contributed by atoms with E-state index in [0.29, 0.717) is 22.3 Å². The van der Waals surface area contributed by atoms with E-state index in [4.69, 9.17) is 10.00 Å². The maximum Gasteiger partial charge on any atom is 0.340 e. The largest absolute Gasteiger partial charge is 0.444 e. The fourth-order valence-electron chi connectivity index (χ4n) is 1.96. The van der Waals surface area contributed by atoms with Crippen LogP contribution in [-0.4, -0.2) is 12.1 Å². The molecule has 4 heteroatoms. The van der Waals surface area contributed by atoms with Gasteiger partial charge in [0.15, 0.2) is 6.10 Å². The Balaban J connectivity index is 2.50. The Bertz CT molecular complexity index is 754. The van der Waals surface area contributed by atoms with Crippen LogP contribution >= 0.6 is 0 Å². The van der Waals surface area contributed by atoms with Crippen LogP contribution in [0.3, 0.4) is 0 Å². The normalized spacial score (nSPS) is 11.0. The van der Waals surface area contributed by atoms with E-state index >= 15 is 0 Å². The molecule has 0 aromatic heterocycles. The smallest absolute Gasteiger partial charge is 0.340 e. The first-order valence-corrected chi connectivity index (χ1v) is 6.36. The molecule has 0 saturated heterocycles. The molecule has 0 radical (unpaired) electrons. The van der Waals surface area contributed by atoms with E-state index in [1.54, 1.807) is 48.5 Å². The highest BCUT2D eigenvalue weighted by atomic mass is 16.5. The lowest BCUT2D eigenvalue weighted by atomic mass is 9.96. The number of benzene rings is 2. The molecule has 0 heterocycles. The standard InChI is InChI=1S/C17H12N2O2/c1-12(10-18)21-17(20)16-9-5-4-8-15(16)14-7-3-2-6-13(14)11-19/h2-9,12H,1H3/t12-/m1/s1. The summed E-state index contributed by atoms with van der Waals surface area (Å²) < 4.78 is 5.04. The maximum atomic E-state index is 12.2. The summed E-state index contributed by atoms with van der Waals surface area (Å²) in [4.78, 5) is 12.2. The second kappa shape index (κ2) is 6.36. The van der Waals surface area contributed by atoms with Crippen LogP contribution in [0, 0.1) is 22.7 Å². The van der Waals surface area contributed by atoms with Crippen LogP contribution in [0.2, 0.25) is 0 Å². The Kier molecular flexibility index (Phi) is 4.33. The van der Waals surface area contributed by atoms with E-state index in [-0.39, 0.29) is 0 Å². The second-order valence-electron chi connectivity index (χ2n) is 4.38. The van der Waals surface area contributed by atoms with Gasteiger partial charge in [0.25, 0.3) is 0 Å². The van der Waals surface area contributed by atoms with E-state index in [2.05, 4.69) is 6.07 Å². The van der Waals surface area contributed by atoms with Gasteiger partial charge in [-0.05, 0) is 24.6 Å². The van der Waals surface area contributed by atoms with Gasteiger partial charge in [0, 0.05) is 5.56 Å². The zero-order valence-electron chi connectivity index (χ0n) is 11.4. The Morgan fingerprint density at radius 1 is 1.05 bits per heavy atom. The lowest BCUT2D eigenvalue weighted by molar-refractivity contribution is 0.0436. The summed E-state index contributed by atoms with van der Waals surface area (Å²) in [6.07, 6.45) is -0.822. The highest BCUT2D eigenvalue weighted by Crippen LogP contribution is 2.27. The monoisotopic (exact) mass is 276 g/mol. The third-order valence-corrected chi connectivity index (χ3v) is 2.95. The Hall–Kier alpha value is -3.11. The van der Waals surface area contributed by atoms with Gasteiger partial charge in [0.2, 0.25) is 0 Å². The van der Waals surface area contributed by atoms with Crippen LogP contribution in [0.25, 0.3) is 11.1 Å². The van der Waals surface area contributed by atoms with Gasteiger partial charge in [-0.2, -0.15) is 10.5 Å². The van der Waals surface area contributed by atoms with Gasteiger partial charge in [0.05, 0.1) is 17.2 Å². The summed E-state index contributed by atoms with van der Waals surface area (Å²) in [5.74, 6) is -0.576. The number of esters is 1. The van der Waals surface area contributed by atoms with Crippen molar-refractivity contribution < 1.29 is 9.53 Å². The average Bonchev–Trinajstić information content (AvgIpc) is 2.54. The maximum absolute atomic E-state index is 12.2. The fraction of sp³-hybridized carbons (Fsp3) is 0.118. The van der Waals surface area contributed by atoms with Crippen LogP contribution in [0.5, 0.6) is 0 Å². The van der Waals surface area contributed by atoms with Crippen molar-refractivity contribution in [1.82, 2.24) is 0 Å². The quantitative estimate of drug-likeness (QED) is 0.806. The zero-order valence-corrected chi connectivity index (χ0v) is 11.4. The van der Waals surface area contributed by atoms with E-state index in [1.807, 2.05) is 6.07 Å². The summed E-state index contributed by atoms with van der Waals surface area (Å²) >= 11 is 0. The van der Waals surface area contributed by atoms with Gasteiger partial charge in [-0.15, -0.1) is 0 Å². The Morgan fingerprint density at radius 2 is 1.67 bits per heavy atom. The van der Waals surface area contributed by atoms with Crippen molar-refractivity contribution in [3.05, 3.63) is 59.7 Å². The molecular formula is C17H12N2O2. The van der Waals surface area contributed by atoms with E-state index in [0.717, 1.165) is 0 Å². The SMILES string of the molecule is C[C@H](C#N)OC(=O)c1ccccc1-c1ccccc1C#N. The number of nitriles is 2. The zero-order chi connectivity index (χ0) is 15.2. The van der Waals surface area contributed by atoms with Crippen LogP contribution in [-0.2, 0) is 4.74 Å². The van der Waals surface area contributed by atoms with Gasteiger partial charge in [-0.25, -0.2) is 4.79 Å². The number of carbonyl (C=O) groups is 1. The number of carbonyl (C=O) groups excluding carboxylic acids is 1. The first-order chi connectivity index (χ1) is 10.2. The van der Waals surface area contributed by atoms with Crippen molar-refractivity contribution in [2.24, 2.45) is 0 Å². The second-order valence-corrected chi connectivity index (χ2v) is 4.38. The van der Waals surface area contributed by atoms with Gasteiger partial charge >= 0.3 is 5.97 Å². The molecule has 0 bridgehead atoms. The van der Waals surface area contributed by atoms with Gasteiger partial charge < -0.3 is 4.74 Å². The Morgan fingerprint density at radius 3 is 2.33 bits per heavy atom. The highest BCUT2D eigenvalue weighted by molar-refractivity contribution is 5.98. The highest BCUT2D eigenvalue weighted by Gasteiger charge is 2.17. The van der Waals surface area contributed by atoms with Crippen LogP contribution in [0.4, 0.5) is 0 Å². The molecule has 0 amide bonds. The van der Waals surface area contributed by atoms with Crippen LogP contribution in [0.1, 0.15) is 22.8 Å². The molecule has 0 aliphatic carbocycles. The van der Waals surface area contributed by atoms with Crippen molar-refractivity contribution in [3.63, 3.8) is 0 Å². The van der Waals surface area contributed by atoms with Gasteiger partial charge in [-0.3, -0.25) is 0 Å². The molecule has 0 unspecified atom stereocenters. The molecule has 0 fully saturated rings. The number of ether oxygens (including phenoxy) is 1. The molecule has 21 heavy (non-hydrogen) atoms. The number of nitrogens with zero attached hydrogens (tertiary/aromatic N) is 2. The molecule has 0 spiro atoms. The van der Waals surface area contributed by atoms with Crippen molar-refractivity contribution in [2.45, 2.75) is 13.0 Å². The van der Waals surface area contributed by atoms with E-state index in [1.165, 1.54) is 6.92 Å². The van der Waals surface area contributed by atoms with E-state index < -0.39 is 12.1 Å². The molecule has 0 aliphatic rings. The summed E-state index contributed by atoms with van der Waals surface area (Å²) in [5.41, 5.74) is 2.09. The number of hydrogen-bond donors (Lipinski definition) is 0. The first-order valence-electron chi connectivity index (χ1n) is 6.36. The summed E-state index contributed by atoms with van der Waals surface area (Å²) in [6.45, 7) is 1.50. The van der Waals surface area contributed by atoms with Gasteiger partial charge in [0.1, 0.15) is 6.07 Å². The summed E-state index contributed by atoms with van der Waals surface area (Å²) in [6, 6.07) is 17.9. The lowest BCUT2D eigenvalue weighted by Crippen LogP contribution is -2.14. The number of hydrogen-bond acceptors (Lipinski definition) is 4. The van der Waals surface area contributed by atoms with Crippen LogP contribution in [0.15, 0.2) is 48.5 Å².